The van der Waals surface area contributed by atoms with Gasteiger partial charge in [-0.1, -0.05) is 56.3 Å². The van der Waals surface area contributed by atoms with Gasteiger partial charge in [0.05, 0.1) is 23.9 Å². The van der Waals surface area contributed by atoms with Gasteiger partial charge in [0.25, 0.3) is 0 Å². The Labute approximate surface area is 221 Å². The summed E-state index contributed by atoms with van der Waals surface area (Å²) in [5.74, 6) is 0.106. The number of carboxylic acids is 1. The van der Waals surface area contributed by atoms with Gasteiger partial charge < -0.3 is 9.84 Å². The molecule has 38 heavy (non-hydrogen) atoms. The van der Waals surface area contributed by atoms with Gasteiger partial charge in [0.1, 0.15) is 12.4 Å². The number of aliphatic carboxylic acids is 1. The molecule has 1 aromatic heterocycles. The second-order valence-electron chi connectivity index (χ2n) is 10.7. The van der Waals surface area contributed by atoms with E-state index < -0.39 is 17.7 Å². The predicted molar refractivity (Wildman–Crippen MR) is 141 cm³/mol. The minimum atomic E-state index is -4.45. The zero-order valence-electron chi connectivity index (χ0n) is 21.6. The van der Waals surface area contributed by atoms with E-state index in [9.17, 15) is 23.1 Å². The van der Waals surface area contributed by atoms with Crippen LogP contribution in [0.4, 0.5) is 13.2 Å². The van der Waals surface area contributed by atoms with Crippen LogP contribution in [0.25, 0.3) is 11.3 Å². The number of pyridine rings is 1. The van der Waals surface area contributed by atoms with Gasteiger partial charge in [-0.05, 0) is 71.4 Å². The fraction of sp³-hybridized carbons (Fsp3) is 0.355. The summed E-state index contributed by atoms with van der Waals surface area (Å²) in [5.41, 5.74) is 2.50. The number of carboxylic acid groups (broad SMARTS) is 1. The number of carbonyl (C=O) groups is 1. The predicted octanol–water partition coefficient (Wildman–Crippen LogP) is 8.07. The smallest absolute Gasteiger partial charge is 0.416 e. The molecule has 7 heteroatoms. The summed E-state index contributed by atoms with van der Waals surface area (Å²) in [6, 6.07) is 14.8. The van der Waals surface area contributed by atoms with Gasteiger partial charge >= 0.3 is 12.1 Å². The Morgan fingerprint density at radius 2 is 1.89 bits per heavy atom. The monoisotopic (exact) mass is 523 g/mol. The lowest BCUT2D eigenvalue weighted by atomic mass is 9.84. The fourth-order valence-corrected chi connectivity index (χ4v) is 4.69. The van der Waals surface area contributed by atoms with Crippen molar-refractivity contribution in [2.24, 2.45) is 11.3 Å². The van der Waals surface area contributed by atoms with E-state index in [1.165, 1.54) is 12.3 Å². The van der Waals surface area contributed by atoms with E-state index in [1.807, 2.05) is 50.3 Å². The lowest BCUT2D eigenvalue weighted by Gasteiger charge is -2.22. The number of halogens is 3. The maximum atomic E-state index is 13.3. The summed E-state index contributed by atoms with van der Waals surface area (Å²) in [6.45, 7) is 8.16. The minimum absolute atomic E-state index is 0.00593. The van der Waals surface area contributed by atoms with Crippen LogP contribution >= 0.6 is 0 Å². The Hall–Kier alpha value is -3.61. The van der Waals surface area contributed by atoms with Crippen LogP contribution in [0.15, 0.2) is 73.4 Å². The highest BCUT2D eigenvalue weighted by Gasteiger charge is 2.34. The molecule has 1 N–H and O–H groups in total. The summed E-state index contributed by atoms with van der Waals surface area (Å²) in [7, 11) is 0. The van der Waals surface area contributed by atoms with Crippen molar-refractivity contribution in [2.45, 2.75) is 58.2 Å². The van der Waals surface area contributed by atoms with Gasteiger partial charge in [-0.3, -0.25) is 9.78 Å². The molecule has 1 saturated carbocycles. The molecule has 4 nitrogen and oxygen atoms in total. The highest BCUT2D eigenvalue weighted by molar-refractivity contribution is 5.68. The van der Waals surface area contributed by atoms with E-state index in [1.54, 1.807) is 6.07 Å². The molecule has 4 rings (SSSR count). The van der Waals surface area contributed by atoms with E-state index in [0.717, 1.165) is 41.7 Å². The number of hydrogen-bond acceptors (Lipinski definition) is 3. The molecule has 1 heterocycles. The molecule has 0 bridgehead atoms. The SMILES string of the molecule is C=CC(C)(C)Cc1cc(OCc2cccc(C(CC(=O)O)C3CC3)c2)cnc1-c1cccc(C(F)(F)F)c1. The molecule has 0 aliphatic heterocycles. The molecule has 1 aliphatic rings. The van der Waals surface area contributed by atoms with Gasteiger partial charge in [-0.2, -0.15) is 13.2 Å². The zero-order valence-corrected chi connectivity index (χ0v) is 21.6. The van der Waals surface area contributed by atoms with E-state index in [4.69, 9.17) is 4.74 Å². The lowest BCUT2D eigenvalue weighted by molar-refractivity contribution is -0.138. The fourth-order valence-electron chi connectivity index (χ4n) is 4.69. The third-order valence-electron chi connectivity index (χ3n) is 6.97. The van der Waals surface area contributed by atoms with Crippen molar-refractivity contribution in [3.63, 3.8) is 0 Å². The van der Waals surface area contributed by atoms with E-state index >= 15 is 0 Å². The Bertz CT molecular complexity index is 1310. The Morgan fingerprint density at radius 1 is 1.16 bits per heavy atom. The van der Waals surface area contributed by atoms with Crippen LogP contribution in [-0.4, -0.2) is 16.1 Å². The number of ether oxygens (including phenoxy) is 1. The minimum Gasteiger partial charge on any atom is -0.487 e. The highest BCUT2D eigenvalue weighted by Crippen LogP contribution is 2.44. The summed E-state index contributed by atoms with van der Waals surface area (Å²) >= 11 is 0. The third kappa shape index (κ3) is 7.03. The normalized spacial score (nSPS) is 14.7. The molecule has 1 aliphatic carbocycles. The van der Waals surface area contributed by atoms with Gasteiger partial charge in [0, 0.05) is 5.56 Å². The highest BCUT2D eigenvalue weighted by atomic mass is 19.4. The van der Waals surface area contributed by atoms with Gasteiger partial charge in [0.2, 0.25) is 0 Å². The number of allylic oxidation sites excluding steroid dienone is 1. The Morgan fingerprint density at radius 3 is 2.55 bits per heavy atom. The first-order valence-corrected chi connectivity index (χ1v) is 12.7. The van der Waals surface area contributed by atoms with E-state index in [-0.39, 0.29) is 24.4 Å². The van der Waals surface area contributed by atoms with Crippen molar-refractivity contribution < 1.29 is 27.8 Å². The number of alkyl halides is 3. The average molecular weight is 524 g/mol. The van der Waals surface area contributed by atoms with Crippen molar-refractivity contribution in [3.8, 4) is 17.0 Å². The van der Waals surface area contributed by atoms with Crippen molar-refractivity contribution in [1.82, 2.24) is 4.98 Å². The van der Waals surface area contributed by atoms with Crippen LogP contribution in [-0.2, 0) is 24.0 Å². The average Bonchev–Trinajstić information content (AvgIpc) is 3.71. The number of aromatic nitrogens is 1. The molecule has 1 unspecified atom stereocenters. The first-order chi connectivity index (χ1) is 17.9. The van der Waals surface area contributed by atoms with Crippen molar-refractivity contribution >= 4 is 5.97 Å². The van der Waals surface area contributed by atoms with Gasteiger partial charge in [-0.25, -0.2) is 0 Å². The Kier molecular flexibility index (Phi) is 7.95. The molecular weight excluding hydrogens is 491 g/mol. The molecule has 1 atom stereocenters. The molecule has 2 aromatic carbocycles. The number of rotatable bonds is 11. The maximum Gasteiger partial charge on any atom is 0.416 e. The van der Waals surface area contributed by atoms with Crippen LogP contribution in [0.2, 0.25) is 0 Å². The molecule has 200 valence electrons. The first-order valence-electron chi connectivity index (χ1n) is 12.7. The quantitative estimate of drug-likeness (QED) is 0.258. The summed E-state index contributed by atoms with van der Waals surface area (Å²) in [4.78, 5) is 15.9. The number of hydrogen-bond donors (Lipinski definition) is 1. The molecule has 0 saturated heterocycles. The van der Waals surface area contributed by atoms with Gasteiger partial charge in [0.15, 0.2) is 0 Å². The third-order valence-corrected chi connectivity index (χ3v) is 6.97. The van der Waals surface area contributed by atoms with Crippen LogP contribution in [0.3, 0.4) is 0 Å². The van der Waals surface area contributed by atoms with Crippen LogP contribution < -0.4 is 4.74 Å². The molecule has 0 radical (unpaired) electrons. The summed E-state index contributed by atoms with van der Waals surface area (Å²) in [5, 5.41) is 9.33. The van der Waals surface area contributed by atoms with Gasteiger partial charge in [-0.15, -0.1) is 6.58 Å². The van der Waals surface area contributed by atoms with E-state index in [2.05, 4.69) is 11.6 Å². The maximum absolute atomic E-state index is 13.3. The van der Waals surface area contributed by atoms with Crippen molar-refractivity contribution in [1.29, 1.82) is 0 Å². The topological polar surface area (TPSA) is 59.4 Å². The van der Waals surface area contributed by atoms with Crippen molar-refractivity contribution in [3.05, 3.63) is 95.7 Å². The number of benzene rings is 2. The van der Waals surface area contributed by atoms with Crippen LogP contribution in [0, 0.1) is 11.3 Å². The lowest BCUT2D eigenvalue weighted by Crippen LogP contribution is -2.13. The van der Waals surface area contributed by atoms with Crippen molar-refractivity contribution in [2.75, 3.05) is 0 Å². The second kappa shape index (κ2) is 11.0. The molecule has 1 fully saturated rings. The first kappa shape index (κ1) is 27.4. The molecule has 0 amide bonds. The van der Waals surface area contributed by atoms with E-state index in [0.29, 0.717) is 29.3 Å². The zero-order chi connectivity index (χ0) is 27.5. The summed E-state index contributed by atoms with van der Waals surface area (Å²) in [6.07, 6.45) is 1.62. The Balaban J connectivity index is 1.59. The second-order valence-corrected chi connectivity index (χ2v) is 10.7. The summed E-state index contributed by atoms with van der Waals surface area (Å²) < 4.78 is 46.1. The largest absolute Gasteiger partial charge is 0.487 e. The number of nitrogens with zero attached hydrogens (tertiary/aromatic N) is 1. The molecule has 3 aromatic rings. The standard InChI is InChI=1S/C31H32F3NO3/c1-4-30(2,3)17-24-15-26(18-35-29(24)23-9-6-10-25(14-23)31(32,33)34)38-19-20-7-5-8-22(13-20)27(16-28(36)37)21-11-12-21/h4-10,13-15,18,21,27H,1,11-12,16-17,19H2,2-3H3,(H,36,37). The molecule has 0 spiro atoms. The van der Waals surface area contributed by atoms with Crippen LogP contribution in [0.5, 0.6) is 5.75 Å². The molecular formula is C31H32F3NO3. The van der Waals surface area contributed by atoms with Crippen LogP contribution in [0.1, 0.15) is 61.3 Å².